The molecule has 0 radical (unpaired) electrons. The Bertz CT molecular complexity index is 479. The van der Waals surface area contributed by atoms with E-state index in [0.29, 0.717) is 17.7 Å². The Balaban J connectivity index is 1.72. The van der Waals surface area contributed by atoms with Crippen molar-refractivity contribution >= 4 is 33.4 Å². The normalized spacial score (nSPS) is 16.9. The standard InChI is InChI=1S/C14H21BrN2O3S/c1-14(2,3)20-13(18)17-6-4-10(5-7-17)9-19-12-16-8-11(15)21-12/h8,10H,4-7,9H2,1-3H3. The first-order valence-electron chi connectivity index (χ1n) is 7.05. The highest BCUT2D eigenvalue weighted by molar-refractivity contribution is 9.11. The van der Waals surface area contributed by atoms with Crippen LogP contribution in [0.3, 0.4) is 0 Å². The lowest BCUT2D eigenvalue weighted by Crippen LogP contribution is -2.42. The molecule has 1 aromatic rings. The summed E-state index contributed by atoms with van der Waals surface area (Å²) in [6.07, 6.45) is 3.40. The molecule has 0 aromatic carbocycles. The van der Waals surface area contributed by atoms with E-state index in [1.165, 1.54) is 11.3 Å². The highest BCUT2D eigenvalue weighted by Crippen LogP contribution is 2.27. The van der Waals surface area contributed by atoms with Crippen LogP contribution in [0.2, 0.25) is 0 Å². The number of hydrogen-bond donors (Lipinski definition) is 0. The van der Waals surface area contributed by atoms with Crippen molar-refractivity contribution in [1.29, 1.82) is 0 Å². The zero-order chi connectivity index (χ0) is 15.5. The topological polar surface area (TPSA) is 51.7 Å². The summed E-state index contributed by atoms with van der Waals surface area (Å²) < 4.78 is 12.0. The Labute approximate surface area is 137 Å². The highest BCUT2D eigenvalue weighted by atomic mass is 79.9. The van der Waals surface area contributed by atoms with Crippen molar-refractivity contribution in [2.75, 3.05) is 19.7 Å². The number of carbonyl (C=O) groups excluding carboxylic acids is 1. The van der Waals surface area contributed by atoms with E-state index in [2.05, 4.69) is 20.9 Å². The zero-order valence-electron chi connectivity index (χ0n) is 12.6. The predicted octanol–water partition coefficient (Wildman–Crippen LogP) is 3.93. The van der Waals surface area contributed by atoms with Crippen LogP contribution in [-0.2, 0) is 4.74 Å². The van der Waals surface area contributed by atoms with Gasteiger partial charge < -0.3 is 14.4 Å². The van der Waals surface area contributed by atoms with E-state index in [-0.39, 0.29) is 6.09 Å². The fourth-order valence-corrected chi connectivity index (χ4v) is 3.13. The van der Waals surface area contributed by atoms with E-state index in [1.807, 2.05) is 20.8 Å². The molecule has 0 N–H and O–H groups in total. The van der Waals surface area contributed by atoms with Crippen LogP contribution in [0.1, 0.15) is 33.6 Å². The van der Waals surface area contributed by atoms with Crippen molar-refractivity contribution in [2.45, 2.75) is 39.2 Å². The number of amides is 1. The van der Waals surface area contributed by atoms with Gasteiger partial charge >= 0.3 is 6.09 Å². The Kier molecular flexibility index (Phi) is 5.48. The summed E-state index contributed by atoms with van der Waals surface area (Å²) in [5, 5.41) is 0.691. The number of ether oxygens (including phenoxy) is 2. The number of likely N-dealkylation sites (tertiary alicyclic amines) is 1. The summed E-state index contributed by atoms with van der Waals surface area (Å²) in [7, 11) is 0. The van der Waals surface area contributed by atoms with Gasteiger partial charge in [0.25, 0.3) is 5.19 Å². The Hall–Kier alpha value is -0.820. The average Bonchev–Trinajstić information content (AvgIpc) is 2.81. The Morgan fingerprint density at radius 2 is 2.14 bits per heavy atom. The molecule has 0 atom stereocenters. The summed E-state index contributed by atoms with van der Waals surface area (Å²) >= 11 is 4.85. The number of halogens is 1. The van der Waals surface area contributed by atoms with Gasteiger partial charge in [0.15, 0.2) is 0 Å². The minimum Gasteiger partial charge on any atom is -0.470 e. The van der Waals surface area contributed by atoms with Gasteiger partial charge in [-0.15, -0.1) is 0 Å². The molecular weight excluding hydrogens is 356 g/mol. The number of aromatic nitrogens is 1. The third-order valence-corrected chi connectivity index (χ3v) is 4.55. The molecule has 118 valence electrons. The third-order valence-electron chi connectivity index (χ3n) is 3.17. The summed E-state index contributed by atoms with van der Waals surface area (Å²) in [5.74, 6) is 0.464. The average molecular weight is 377 g/mol. The van der Waals surface area contributed by atoms with Gasteiger partial charge in [-0.3, -0.25) is 0 Å². The summed E-state index contributed by atoms with van der Waals surface area (Å²) in [4.78, 5) is 17.9. The highest BCUT2D eigenvalue weighted by Gasteiger charge is 2.27. The van der Waals surface area contributed by atoms with Gasteiger partial charge in [-0.05, 0) is 55.5 Å². The van der Waals surface area contributed by atoms with Gasteiger partial charge in [0.1, 0.15) is 5.60 Å². The van der Waals surface area contributed by atoms with Crippen LogP contribution in [-0.4, -0.2) is 41.3 Å². The van der Waals surface area contributed by atoms with Gasteiger partial charge in [0.2, 0.25) is 0 Å². The van der Waals surface area contributed by atoms with Crippen molar-refractivity contribution in [3.05, 3.63) is 9.98 Å². The first-order valence-corrected chi connectivity index (χ1v) is 8.66. The minimum absolute atomic E-state index is 0.217. The smallest absolute Gasteiger partial charge is 0.410 e. The molecule has 0 spiro atoms. The molecule has 0 bridgehead atoms. The summed E-state index contributed by atoms with van der Waals surface area (Å²) in [5.41, 5.74) is -0.435. The molecule has 0 saturated carbocycles. The van der Waals surface area contributed by atoms with Gasteiger partial charge in [0, 0.05) is 13.1 Å². The molecule has 2 heterocycles. The van der Waals surface area contributed by atoms with Crippen molar-refractivity contribution in [2.24, 2.45) is 5.92 Å². The molecular formula is C14H21BrN2O3S. The fraction of sp³-hybridized carbons (Fsp3) is 0.714. The second-order valence-corrected chi connectivity index (χ2v) is 8.52. The van der Waals surface area contributed by atoms with E-state index >= 15 is 0 Å². The number of hydrogen-bond acceptors (Lipinski definition) is 5. The lowest BCUT2D eigenvalue weighted by molar-refractivity contribution is 0.0165. The number of nitrogens with zero attached hydrogens (tertiary/aromatic N) is 2. The van der Waals surface area contributed by atoms with E-state index in [9.17, 15) is 4.79 Å². The van der Waals surface area contributed by atoms with Gasteiger partial charge in [-0.25, -0.2) is 9.78 Å². The number of thiazole rings is 1. The monoisotopic (exact) mass is 376 g/mol. The molecule has 1 aromatic heterocycles. The number of carbonyl (C=O) groups is 1. The molecule has 2 rings (SSSR count). The van der Waals surface area contributed by atoms with Crippen molar-refractivity contribution in [1.82, 2.24) is 9.88 Å². The largest absolute Gasteiger partial charge is 0.470 e. The molecule has 1 amide bonds. The van der Waals surface area contributed by atoms with E-state index in [0.717, 1.165) is 29.7 Å². The number of piperidine rings is 1. The lowest BCUT2D eigenvalue weighted by atomic mass is 9.98. The van der Waals surface area contributed by atoms with Crippen LogP contribution in [0, 0.1) is 5.92 Å². The summed E-state index contributed by atoms with van der Waals surface area (Å²) in [6, 6.07) is 0. The van der Waals surface area contributed by atoms with Gasteiger partial charge in [-0.1, -0.05) is 11.3 Å². The van der Waals surface area contributed by atoms with Crippen molar-refractivity contribution < 1.29 is 14.3 Å². The molecule has 1 aliphatic heterocycles. The maximum Gasteiger partial charge on any atom is 0.410 e. The predicted molar refractivity (Wildman–Crippen MR) is 85.8 cm³/mol. The second kappa shape index (κ2) is 6.96. The van der Waals surface area contributed by atoms with Crippen LogP contribution in [0.25, 0.3) is 0 Å². The van der Waals surface area contributed by atoms with Crippen LogP contribution < -0.4 is 4.74 Å². The second-order valence-electron chi connectivity index (χ2n) is 6.15. The zero-order valence-corrected chi connectivity index (χ0v) is 15.0. The van der Waals surface area contributed by atoms with E-state index < -0.39 is 5.60 Å². The van der Waals surface area contributed by atoms with Crippen LogP contribution in [0.5, 0.6) is 5.19 Å². The van der Waals surface area contributed by atoms with E-state index in [1.54, 1.807) is 11.1 Å². The van der Waals surface area contributed by atoms with Crippen LogP contribution in [0.4, 0.5) is 4.79 Å². The Morgan fingerprint density at radius 1 is 1.48 bits per heavy atom. The third kappa shape index (κ3) is 5.47. The minimum atomic E-state index is -0.435. The SMILES string of the molecule is CC(C)(C)OC(=O)N1CCC(COc2ncc(Br)s2)CC1. The molecule has 5 nitrogen and oxygen atoms in total. The molecule has 1 aliphatic rings. The van der Waals surface area contributed by atoms with Crippen molar-refractivity contribution in [3.8, 4) is 5.19 Å². The molecule has 21 heavy (non-hydrogen) atoms. The van der Waals surface area contributed by atoms with Crippen LogP contribution in [0.15, 0.2) is 9.98 Å². The quantitative estimate of drug-likeness (QED) is 0.801. The van der Waals surface area contributed by atoms with Gasteiger partial charge in [-0.2, -0.15) is 0 Å². The van der Waals surface area contributed by atoms with Crippen molar-refractivity contribution in [3.63, 3.8) is 0 Å². The molecule has 0 aliphatic carbocycles. The van der Waals surface area contributed by atoms with Gasteiger partial charge in [0.05, 0.1) is 16.6 Å². The summed E-state index contributed by atoms with van der Waals surface area (Å²) in [6.45, 7) is 7.77. The molecule has 7 heteroatoms. The molecule has 1 fully saturated rings. The van der Waals surface area contributed by atoms with E-state index in [4.69, 9.17) is 9.47 Å². The first-order chi connectivity index (χ1) is 9.83. The lowest BCUT2D eigenvalue weighted by Gasteiger charge is -2.33. The maximum atomic E-state index is 12.0. The number of rotatable bonds is 3. The molecule has 0 unspecified atom stereocenters. The molecule has 1 saturated heterocycles. The first kappa shape index (κ1) is 16.5. The fourth-order valence-electron chi connectivity index (χ4n) is 2.10. The maximum absolute atomic E-state index is 12.0. The van der Waals surface area contributed by atoms with Crippen LogP contribution >= 0.6 is 27.3 Å². The Morgan fingerprint density at radius 3 is 2.67 bits per heavy atom.